The summed E-state index contributed by atoms with van der Waals surface area (Å²) in [7, 11) is 2.75. The minimum absolute atomic E-state index is 0.445. The molecule has 2 aromatic carbocycles. The third-order valence-electron chi connectivity index (χ3n) is 10.8. The average Bonchev–Trinajstić information content (AvgIpc) is 3.12. The fourth-order valence-electron chi connectivity index (χ4n) is 6.70. The first-order valence-corrected chi connectivity index (χ1v) is 22.0. The summed E-state index contributed by atoms with van der Waals surface area (Å²) in [6, 6.07) is 12.8. The van der Waals surface area contributed by atoms with Crippen LogP contribution in [0.25, 0.3) is 0 Å². The van der Waals surface area contributed by atoms with Crippen molar-refractivity contribution in [3.8, 4) is 11.5 Å². The molecule has 0 unspecified atom stereocenters. The van der Waals surface area contributed by atoms with Gasteiger partial charge in [0.2, 0.25) is 0 Å². The Labute approximate surface area is 290 Å². The summed E-state index contributed by atoms with van der Waals surface area (Å²) in [6.07, 6.45) is 21.5. The molecular weight excluding hydrogens is 602 g/mol. The molecule has 2 rings (SSSR count). The van der Waals surface area contributed by atoms with Crippen molar-refractivity contribution in [2.45, 2.75) is 145 Å². The number of aryl methyl sites for hydroxylation is 2. The van der Waals surface area contributed by atoms with Crippen LogP contribution in [0.4, 0.5) is 0 Å². The molecule has 2 aromatic rings. The molecule has 0 atom stereocenters. The Morgan fingerprint density at radius 2 is 0.872 bits per heavy atom. The standard InChI is InChI=1S/C40H70BO5P/c1-9-15-17-19-21-23-25-35-31-39(42-7)29-27-37(35)33-44-41(46-47(11-3,12-4,13-5)14-6)45-34-38-28-30-40(43-8)32-36(38)26-24-22-20-18-16-10-2/h27-32H,9-26,33-34H2,1-8H3. The summed E-state index contributed by atoms with van der Waals surface area (Å²) in [4.78, 5) is 0. The fraction of sp³-hybridized carbons (Fsp3) is 0.700. The summed E-state index contributed by atoms with van der Waals surface area (Å²) < 4.78 is 31.7. The van der Waals surface area contributed by atoms with Gasteiger partial charge in [-0.1, -0.05) is 26.7 Å². The summed E-state index contributed by atoms with van der Waals surface area (Å²) in [5.41, 5.74) is 4.96. The molecule has 7 heteroatoms. The van der Waals surface area contributed by atoms with Crippen molar-refractivity contribution in [3.05, 3.63) is 58.7 Å². The van der Waals surface area contributed by atoms with Crippen LogP contribution in [0.1, 0.15) is 141 Å². The van der Waals surface area contributed by atoms with E-state index < -0.39 is 14.2 Å². The Morgan fingerprint density at radius 3 is 1.23 bits per heavy atom. The van der Waals surface area contributed by atoms with Gasteiger partial charge in [-0.25, -0.2) is 0 Å². The van der Waals surface area contributed by atoms with Crippen LogP contribution in [0.15, 0.2) is 36.4 Å². The maximum absolute atomic E-state index is 7.14. The number of rotatable bonds is 28. The first-order valence-electron chi connectivity index (χ1n) is 19.1. The van der Waals surface area contributed by atoms with Crippen molar-refractivity contribution >= 4 is 14.2 Å². The third kappa shape index (κ3) is 13.7. The van der Waals surface area contributed by atoms with Gasteiger partial charge in [0, 0.05) is 0 Å². The number of benzene rings is 2. The molecule has 47 heavy (non-hydrogen) atoms. The zero-order valence-electron chi connectivity index (χ0n) is 31.7. The van der Waals surface area contributed by atoms with Crippen molar-refractivity contribution in [2.24, 2.45) is 0 Å². The zero-order chi connectivity index (χ0) is 34.4. The number of ether oxygens (including phenoxy) is 2. The topological polar surface area (TPSA) is 46.2 Å². The van der Waals surface area contributed by atoms with Gasteiger partial charge in [0.05, 0.1) is 0 Å². The molecular formula is C40H70BO5P. The molecule has 0 heterocycles. The van der Waals surface area contributed by atoms with Gasteiger partial charge in [0.1, 0.15) is 0 Å². The van der Waals surface area contributed by atoms with Gasteiger partial charge in [-0.2, -0.15) is 0 Å². The van der Waals surface area contributed by atoms with Crippen molar-refractivity contribution in [1.82, 2.24) is 0 Å². The maximum atomic E-state index is 7.14. The van der Waals surface area contributed by atoms with E-state index in [0.29, 0.717) is 13.2 Å². The van der Waals surface area contributed by atoms with Gasteiger partial charge in [0.15, 0.2) is 0 Å². The van der Waals surface area contributed by atoms with Gasteiger partial charge >= 0.3 is 264 Å². The van der Waals surface area contributed by atoms with Crippen molar-refractivity contribution in [3.63, 3.8) is 0 Å². The summed E-state index contributed by atoms with van der Waals surface area (Å²) in [5, 5.41) is 0. The van der Waals surface area contributed by atoms with Crippen LogP contribution >= 0.6 is 6.83 Å². The zero-order valence-corrected chi connectivity index (χ0v) is 32.6. The first kappa shape index (κ1) is 41.6. The Morgan fingerprint density at radius 1 is 0.489 bits per heavy atom. The monoisotopic (exact) mass is 673 g/mol. The van der Waals surface area contributed by atoms with Crippen LogP contribution in [-0.2, 0) is 39.8 Å². The Bertz CT molecular complexity index is 1030. The molecule has 0 aliphatic carbocycles. The number of hydrogen-bond acceptors (Lipinski definition) is 5. The normalized spacial score (nSPS) is 12.6. The molecule has 0 N–H and O–H groups in total. The molecule has 5 nitrogen and oxygen atoms in total. The van der Waals surface area contributed by atoms with Gasteiger partial charge in [-0.3, -0.25) is 0 Å². The summed E-state index contributed by atoms with van der Waals surface area (Å²) >= 11 is 0. The molecule has 0 aliphatic heterocycles. The van der Waals surface area contributed by atoms with Crippen molar-refractivity contribution < 1.29 is 23.2 Å². The molecule has 0 aliphatic rings. The van der Waals surface area contributed by atoms with Crippen molar-refractivity contribution in [2.75, 3.05) is 38.9 Å². The predicted molar refractivity (Wildman–Crippen MR) is 206 cm³/mol. The van der Waals surface area contributed by atoms with Crippen LogP contribution in [0.5, 0.6) is 11.5 Å². The summed E-state index contributed by atoms with van der Waals surface area (Å²) in [5.74, 6) is 1.80. The van der Waals surface area contributed by atoms with Gasteiger partial charge in [0.25, 0.3) is 0 Å². The van der Waals surface area contributed by atoms with Gasteiger partial charge in [-0.05, 0) is 0 Å². The number of unbranched alkanes of at least 4 members (excludes halogenated alkanes) is 10. The Kier molecular flexibility index (Phi) is 20.3. The molecule has 0 aromatic heterocycles. The molecule has 0 radical (unpaired) electrons. The van der Waals surface area contributed by atoms with E-state index in [0.717, 1.165) is 49.0 Å². The second kappa shape index (κ2) is 22.9. The van der Waals surface area contributed by atoms with E-state index in [1.54, 1.807) is 14.2 Å². The fourth-order valence-corrected chi connectivity index (χ4v) is 10.6. The second-order valence-corrected chi connectivity index (χ2v) is 19.9. The second-order valence-electron chi connectivity index (χ2n) is 13.4. The quantitative estimate of drug-likeness (QED) is 0.0511. The van der Waals surface area contributed by atoms with Gasteiger partial charge in [-0.15, -0.1) is 0 Å². The van der Waals surface area contributed by atoms with Crippen molar-refractivity contribution in [1.29, 1.82) is 0 Å². The van der Waals surface area contributed by atoms with Crippen LogP contribution in [0.2, 0.25) is 0 Å². The predicted octanol–water partition coefficient (Wildman–Crippen LogP) is 11.8. The van der Waals surface area contributed by atoms with Crippen LogP contribution in [0, 0.1) is 0 Å². The van der Waals surface area contributed by atoms with E-state index in [1.165, 1.54) is 99.3 Å². The average molecular weight is 673 g/mol. The SMILES string of the molecule is CCCCCCCCc1cc(OC)ccc1COB(OCc1ccc(OC)cc1CCCCCCCC)OP(CC)(CC)(CC)CC. The molecule has 0 saturated heterocycles. The van der Waals surface area contributed by atoms with E-state index in [-0.39, 0.29) is 0 Å². The summed E-state index contributed by atoms with van der Waals surface area (Å²) in [6.45, 7) is 12.1. The third-order valence-corrected chi connectivity index (χ3v) is 17.9. The Balaban J connectivity index is 2.26. The van der Waals surface area contributed by atoms with E-state index in [4.69, 9.17) is 23.2 Å². The molecule has 0 bridgehead atoms. The first-order chi connectivity index (χ1) is 22.8. The molecule has 0 fully saturated rings. The van der Waals surface area contributed by atoms with E-state index in [9.17, 15) is 0 Å². The molecule has 0 amide bonds. The molecule has 0 saturated carbocycles. The minimum atomic E-state index is -2.49. The molecule has 0 spiro atoms. The van der Waals surface area contributed by atoms with E-state index in [1.807, 2.05) is 12.1 Å². The Hall–Kier alpha value is -1.59. The van der Waals surface area contributed by atoms with E-state index in [2.05, 4.69) is 65.8 Å². The van der Waals surface area contributed by atoms with Gasteiger partial charge < -0.3 is 0 Å². The van der Waals surface area contributed by atoms with E-state index >= 15 is 0 Å². The number of hydrogen-bond donors (Lipinski definition) is 0. The molecule has 268 valence electrons. The van der Waals surface area contributed by atoms with Crippen LogP contribution in [0.3, 0.4) is 0 Å². The van der Waals surface area contributed by atoms with Crippen LogP contribution < -0.4 is 9.47 Å². The number of methoxy groups -OCH3 is 2. The van der Waals surface area contributed by atoms with Crippen LogP contribution in [-0.4, -0.2) is 46.2 Å².